The van der Waals surface area contributed by atoms with E-state index in [9.17, 15) is 4.79 Å². The highest BCUT2D eigenvalue weighted by Crippen LogP contribution is 2.28. The van der Waals surface area contributed by atoms with E-state index >= 15 is 0 Å². The van der Waals surface area contributed by atoms with Gasteiger partial charge in [0.1, 0.15) is 5.75 Å². The topological polar surface area (TPSA) is 26.3 Å². The van der Waals surface area contributed by atoms with Crippen LogP contribution in [0.15, 0.2) is 36.4 Å². The van der Waals surface area contributed by atoms with Gasteiger partial charge in [-0.25, -0.2) is 0 Å². The first-order valence-corrected chi connectivity index (χ1v) is 5.55. The van der Waals surface area contributed by atoms with E-state index < -0.39 is 5.24 Å². The molecule has 16 heavy (non-hydrogen) atoms. The molecule has 4 heteroatoms. The van der Waals surface area contributed by atoms with Crippen molar-refractivity contribution in [2.45, 2.75) is 0 Å². The standard InChI is InChI=1S/C12H8Cl2O2/c13-7-16-11-6-9(12(14)15)5-8-3-1-2-4-10(8)11/h1-6H,7H2. The van der Waals surface area contributed by atoms with Crippen LogP contribution in [0.25, 0.3) is 10.8 Å². The molecular weight excluding hydrogens is 247 g/mol. The van der Waals surface area contributed by atoms with Crippen molar-refractivity contribution in [2.24, 2.45) is 0 Å². The van der Waals surface area contributed by atoms with E-state index in [4.69, 9.17) is 27.9 Å². The van der Waals surface area contributed by atoms with E-state index in [1.807, 2.05) is 24.3 Å². The van der Waals surface area contributed by atoms with Gasteiger partial charge in [-0.2, -0.15) is 0 Å². The molecule has 2 rings (SSSR count). The minimum Gasteiger partial charge on any atom is -0.477 e. The zero-order valence-corrected chi connectivity index (χ0v) is 9.76. The molecule has 0 fully saturated rings. The van der Waals surface area contributed by atoms with Gasteiger partial charge >= 0.3 is 0 Å². The van der Waals surface area contributed by atoms with Crippen molar-refractivity contribution in [3.05, 3.63) is 42.0 Å². The highest BCUT2D eigenvalue weighted by Gasteiger charge is 2.08. The predicted octanol–water partition coefficient (Wildman–Crippen LogP) is 3.79. The Labute approximate surface area is 103 Å². The Morgan fingerprint density at radius 1 is 1.25 bits per heavy atom. The lowest BCUT2D eigenvalue weighted by molar-refractivity contribution is 0.108. The number of halogens is 2. The summed E-state index contributed by atoms with van der Waals surface area (Å²) in [6.45, 7) is 0. The van der Waals surface area contributed by atoms with Gasteiger partial charge in [0.15, 0.2) is 6.07 Å². The Hall–Kier alpha value is -1.25. The first-order valence-electron chi connectivity index (χ1n) is 4.64. The Bertz CT molecular complexity index is 538. The van der Waals surface area contributed by atoms with Gasteiger partial charge in [0.05, 0.1) is 0 Å². The van der Waals surface area contributed by atoms with Crippen LogP contribution < -0.4 is 4.74 Å². The number of ether oxygens (including phenoxy) is 1. The van der Waals surface area contributed by atoms with Crippen LogP contribution in [0.4, 0.5) is 0 Å². The average molecular weight is 255 g/mol. The van der Waals surface area contributed by atoms with E-state index in [0.717, 1.165) is 10.8 Å². The van der Waals surface area contributed by atoms with Gasteiger partial charge in [-0.15, -0.1) is 0 Å². The summed E-state index contributed by atoms with van der Waals surface area (Å²) in [5.74, 6) is 0.567. The molecule has 0 saturated carbocycles. The zero-order chi connectivity index (χ0) is 11.5. The van der Waals surface area contributed by atoms with Gasteiger partial charge in [-0.1, -0.05) is 35.9 Å². The maximum atomic E-state index is 11.1. The maximum Gasteiger partial charge on any atom is 0.252 e. The summed E-state index contributed by atoms with van der Waals surface area (Å²) in [6, 6.07) is 10.9. The minimum absolute atomic E-state index is 0.0317. The third-order valence-electron chi connectivity index (χ3n) is 2.26. The third kappa shape index (κ3) is 2.13. The number of fused-ring (bicyclic) bond motifs is 1. The van der Waals surface area contributed by atoms with Crippen LogP contribution in [0.2, 0.25) is 0 Å². The van der Waals surface area contributed by atoms with Crippen LogP contribution in [-0.4, -0.2) is 11.3 Å². The molecule has 0 unspecified atom stereocenters. The second kappa shape index (κ2) is 4.73. The number of alkyl halides is 1. The van der Waals surface area contributed by atoms with Crippen molar-refractivity contribution < 1.29 is 9.53 Å². The van der Waals surface area contributed by atoms with Crippen molar-refractivity contribution in [1.82, 2.24) is 0 Å². The van der Waals surface area contributed by atoms with Crippen LogP contribution in [0, 0.1) is 0 Å². The molecule has 2 aromatic rings. The third-order valence-corrected chi connectivity index (χ3v) is 2.59. The number of hydrogen-bond donors (Lipinski definition) is 0. The second-order valence-electron chi connectivity index (χ2n) is 3.22. The Morgan fingerprint density at radius 2 is 2.00 bits per heavy atom. The van der Waals surface area contributed by atoms with E-state index in [1.165, 1.54) is 0 Å². The van der Waals surface area contributed by atoms with Gasteiger partial charge in [0.25, 0.3) is 5.24 Å². The average Bonchev–Trinajstić information content (AvgIpc) is 2.29. The first-order chi connectivity index (χ1) is 7.72. The summed E-state index contributed by atoms with van der Waals surface area (Å²) < 4.78 is 5.26. The number of hydrogen-bond acceptors (Lipinski definition) is 2. The number of carbonyl (C=O) groups excluding carboxylic acids is 1. The fourth-order valence-corrected chi connectivity index (χ4v) is 1.79. The van der Waals surface area contributed by atoms with Crippen LogP contribution in [0.1, 0.15) is 10.4 Å². The quantitative estimate of drug-likeness (QED) is 0.616. The highest BCUT2D eigenvalue weighted by atomic mass is 35.5. The molecule has 0 spiro atoms. The number of rotatable bonds is 3. The van der Waals surface area contributed by atoms with Crippen molar-refractivity contribution >= 4 is 39.2 Å². The molecule has 0 atom stereocenters. The summed E-state index contributed by atoms with van der Waals surface area (Å²) in [4.78, 5) is 11.1. The minimum atomic E-state index is -0.509. The Kier molecular flexibility index (Phi) is 3.32. The van der Waals surface area contributed by atoms with E-state index in [2.05, 4.69) is 0 Å². The molecule has 0 aliphatic heterocycles. The molecule has 0 radical (unpaired) electrons. The molecule has 0 bridgehead atoms. The molecule has 0 amide bonds. The van der Waals surface area contributed by atoms with E-state index in [0.29, 0.717) is 11.3 Å². The molecule has 0 heterocycles. The maximum absolute atomic E-state index is 11.1. The zero-order valence-electron chi connectivity index (χ0n) is 8.24. The summed E-state index contributed by atoms with van der Waals surface area (Å²) in [7, 11) is 0. The highest BCUT2D eigenvalue weighted by molar-refractivity contribution is 6.67. The van der Waals surface area contributed by atoms with Crippen LogP contribution >= 0.6 is 23.2 Å². The van der Waals surface area contributed by atoms with Gasteiger partial charge in [-0.05, 0) is 29.1 Å². The lowest BCUT2D eigenvalue weighted by Gasteiger charge is -2.08. The molecule has 2 aromatic carbocycles. The molecule has 2 nitrogen and oxygen atoms in total. The number of benzene rings is 2. The largest absolute Gasteiger partial charge is 0.477 e. The van der Waals surface area contributed by atoms with E-state index in [1.54, 1.807) is 12.1 Å². The molecule has 0 aliphatic carbocycles. The smallest absolute Gasteiger partial charge is 0.252 e. The predicted molar refractivity (Wildman–Crippen MR) is 65.5 cm³/mol. The molecule has 82 valence electrons. The first kappa shape index (κ1) is 11.2. The lowest BCUT2D eigenvalue weighted by atomic mass is 10.1. The summed E-state index contributed by atoms with van der Waals surface area (Å²) in [6.07, 6.45) is 0. The SMILES string of the molecule is O=C(Cl)c1cc(OCCl)c2ccccc2c1. The van der Waals surface area contributed by atoms with Crippen molar-refractivity contribution in [3.8, 4) is 5.75 Å². The van der Waals surface area contributed by atoms with Gasteiger partial charge in [0, 0.05) is 10.9 Å². The Morgan fingerprint density at radius 3 is 2.69 bits per heavy atom. The normalized spacial score (nSPS) is 10.4. The van der Waals surface area contributed by atoms with Gasteiger partial charge in [0.2, 0.25) is 0 Å². The fraction of sp³-hybridized carbons (Fsp3) is 0.0833. The molecule has 0 N–H and O–H groups in total. The monoisotopic (exact) mass is 254 g/mol. The summed E-state index contributed by atoms with van der Waals surface area (Å²) in [5.41, 5.74) is 0.403. The summed E-state index contributed by atoms with van der Waals surface area (Å²) in [5, 5.41) is 1.30. The lowest BCUT2D eigenvalue weighted by Crippen LogP contribution is -1.95. The van der Waals surface area contributed by atoms with Crippen molar-refractivity contribution in [1.29, 1.82) is 0 Å². The fourth-order valence-electron chi connectivity index (χ4n) is 1.57. The molecular formula is C12H8Cl2O2. The molecule has 0 aromatic heterocycles. The summed E-state index contributed by atoms with van der Waals surface area (Å²) >= 11 is 11.0. The van der Waals surface area contributed by atoms with Crippen LogP contribution in [0.5, 0.6) is 5.75 Å². The number of carbonyl (C=O) groups is 1. The van der Waals surface area contributed by atoms with Crippen LogP contribution in [0.3, 0.4) is 0 Å². The van der Waals surface area contributed by atoms with Gasteiger partial charge in [-0.3, -0.25) is 4.79 Å². The Balaban J connectivity index is 2.68. The second-order valence-corrected chi connectivity index (χ2v) is 3.78. The van der Waals surface area contributed by atoms with Crippen LogP contribution in [-0.2, 0) is 0 Å². The van der Waals surface area contributed by atoms with E-state index in [-0.39, 0.29) is 6.07 Å². The van der Waals surface area contributed by atoms with Crippen molar-refractivity contribution in [3.63, 3.8) is 0 Å². The molecule has 0 saturated heterocycles. The molecule has 0 aliphatic rings. The van der Waals surface area contributed by atoms with Crippen molar-refractivity contribution in [2.75, 3.05) is 6.07 Å². The van der Waals surface area contributed by atoms with Gasteiger partial charge < -0.3 is 4.74 Å².